The van der Waals surface area contributed by atoms with Gasteiger partial charge < -0.3 is 10.1 Å². The van der Waals surface area contributed by atoms with Gasteiger partial charge in [0.05, 0.1) is 27.6 Å². The lowest BCUT2D eigenvalue weighted by atomic mass is 10.1. The molecule has 0 fully saturated rings. The van der Waals surface area contributed by atoms with Crippen LogP contribution >= 0.6 is 0 Å². The summed E-state index contributed by atoms with van der Waals surface area (Å²) in [4.78, 5) is 41.6. The molecule has 0 radical (unpaired) electrons. The van der Waals surface area contributed by atoms with Gasteiger partial charge in [-0.25, -0.2) is 4.98 Å². The lowest BCUT2D eigenvalue weighted by Gasteiger charge is -2.13. The van der Waals surface area contributed by atoms with Crippen molar-refractivity contribution in [3.8, 4) is 17.1 Å². The highest BCUT2D eigenvalue weighted by Gasteiger charge is 2.31. The topological polar surface area (TPSA) is 129 Å². The number of carbonyl (C=O) groups is 1. The maximum absolute atomic E-state index is 13.5. The van der Waals surface area contributed by atoms with Crippen LogP contribution in [0.5, 0.6) is 5.75 Å². The Morgan fingerprint density at radius 3 is 2.52 bits per heavy atom. The van der Waals surface area contributed by atoms with E-state index in [1.54, 1.807) is 43.3 Å². The van der Waals surface area contributed by atoms with E-state index in [4.69, 9.17) is 4.74 Å². The van der Waals surface area contributed by atoms with E-state index in [2.05, 4.69) is 15.4 Å². The molecule has 4 aromatic carbocycles. The summed E-state index contributed by atoms with van der Waals surface area (Å²) in [6, 6.07) is 21.5. The molecule has 0 saturated heterocycles. The first-order chi connectivity index (χ1) is 21.0. The first-order valence-corrected chi connectivity index (χ1v) is 13.0. The summed E-state index contributed by atoms with van der Waals surface area (Å²) in [6.07, 6.45) is -3.57. The number of fused-ring (bicyclic) bond motifs is 1. The van der Waals surface area contributed by atoms with Crippen molar-refractivity contribution in [3.63, 3.8) is 0 Å². The van der Waals surface area contributed by atoms with Gasteiger partial charge in [0.15, 0.2) is 12.4 Å². The number of ether oxygens (including phenoxy) is 1. The number of nitro benzene ring substituents is 1. The maximum atomic E-state index is 13.5. The summed E-state index contributed by atoms with van der Waals surface area (Å²) in [6.45, 7) is 1.21. The van der Waals surface area contributed by atoms with Crippen LogP contribution in [0.15, 0.2) is 101 Å². The molecule has 0 unspecified atom stereocenters. The molecule has 10 nitrogen and oxygen atoms in total. The Labute approximate surface area is 247 Å². The second kappa shape index (κ2) is 12.2. The average Bonchev–Trinajstić information content (AvgIpc) is 3.00. The van der Waals surface area contributed by atoms with Gasteiger partial charge in [-0.3, -0.25) is 19.7 Å². The minimum atomic E-state index is -4.65. The third kappa shape index (κ3) is 6.31. The van der Waals surface area contributed by atoms with Crippen molar-refractivity contribution in [2.45, 2.75) is 13.1 Å². The van der Waals surface area contributed by atoms with Crippen molar-refractivity contribution in [2.24, 2.45) is 5.10 Å². The molecule has 0 aliphatic carbocycles. The van der Waals surface area contributed by atoms with E-state index in [-0.39, 0.29) is 33.6 Å². The molecule has 13 heteroatoms. The largest absolute Gasteiger partial charge is 0.476 e. The predicted molar refractivity (Wildman–Crippen MR) is 158 cm³/mol. The molecule has 5 aromatic rings. The standard InChI is InChI=1S/C31H22F3N5O5/c1-19-8-2-4-13-24(19)36-27(40)18-44-28-21(10-7-15-26(28)39(42)43)17-35-38-29(20-9-6-11-22(16-20)31(32,33)34)37-25-14-5-3-12-23(25)30(38)41/h2-17H,18H2,1H3,(H,36,40). The molecule has 0 spiro atoms. The molecule has 0 bridgehead atoms. The van der Waals surface area contributed by atoms with E-state index in [9.17, 15) is 32.9 Å². The van der Waals surface area contributed by atoms with Crippen molar-refractivity contribution in [1.29, 1.82) is 0 Å². The van der Waals surface area contributed by atoms with E-state index in [1.807, 2.05) is 0 Å². The minimum absolute atomic E-state index is 0.0259. The highest BCUT2D eigenvalue weighted by Crippen LogP contribution is 2.33. The Hall–Kier alpha value is -5.85. The number of carbonyl (C=O) groups excluding carboxylic acids is 1. The monoisotopic (exact) mass is 601 g/mol. The highest BCUT2D eigenvalue weighted by atomic mass is 19.4. The van der Waals surface area contributed by atoms with E-state index in [0.717, 1.165) is 28.6 Å². The predicted octanol–water partition coefficient (Wildman–Crippen LogP) is 6.20. The molecule has 0 aliphatic heterocycles. The van der Waals surface area contributed by atoms with Crippen LogP contribution in [0.3, 0.4) is 0 Å². The lowest BCUT2D eigenvalue weighted by molar-refractivity contribution is -0.385. The Balaban J connectivity index is 1.56. The number of nitro groups is 1. The molecule has 0 saturated carbocycles. The summed E-state index contributed by atoms with van der Waals surface area (Å²) in [5.74, 6) is -1.08. The number of aryl methyl sites for hydroxylation is 1. The molecular formula is C31H22F3N5O5. The van der Waals surface area contributed by atoms with Crippen LogP contribution in [0.4, 0.5) is 24.5 Å². The van der Waals surface area contributed by atoms with Crippen LogP contribution in [-0.4, -0.2) is 33.3 Å². The van der Waals surface area contributed by atoms with Gasteiger partial charge in [-0.2, -0.15) is 22.9 Å². The fraction of sp³-hybridized carbons (Fsp3) is 0.0968. The van der Waals surface area contributed by atoms with Crippen molar-refractivity contribution in [1.82, 2.24) is 9.66 Å². The first-order valence-electron chi connectivity index (χ1n) is 13.0. The van der Waals surface area contributed by atoms with Crippen LogP contribution in [0.2, 0.25) is 0 Å². The summed E-state index contributed by atoms with van der Waals surface area (Å²) < 4.78 is 46.9. The van der Waals surface area contributed by atoms with E-state index in [1.165, 1.54) is 42.5 Å². The van der Waals surface area contributed by atoms with E-state index >= 15 is 0 Å². The molecule has 0 atom stereocenters. The average molecular weight is 602 g/mol. The van der Waals surface area contributed by atoms with E-state index in [0.29, 0.717) is 5.69 Å². The molecule has 222 valence electrons. The smallest absolute Gasteiger partial charge is 0.416 e. The summed E-state index contributed by atoms with van der Waals surface area (Å²) in [7, 11) is 0. The van der Waals surface area contributed by atoms with Crippen molar-refractivity contribution < 1.29 is 27.6 Å². The number of para-hydroxylation sites is 3. The van der Waals surface area contributed by atoms with Crippen LogP contribution < -0.4 is 15.6 Å². The zero-order chi connectivity index (χ0) is 31.4. The summed E-state index contributed by atoms with van der Waals surface area (Å²) in [5.41, 5.74) is -0.562. The number of rotatable bonds is 8. The molecule has 1 amide bonds. The van der Waals surface area contributed by atoms with E-state index < -0.39 is 40.4 Å². The molecule has 1 aromatic heterocycles. The third-order valence-electron chi connectivity index (χ3n) is 6.50. The summed E-state index contributed by atoms with van der Waals surface area (Å²) >= 11 is 0. The zero-order valence-electron chi connectivity index (χ0n) is 22.9. The van der Waals surface area contributed by atoms with Gasteiger partial charge in [0.2, 0.25) is 5.75 Å². The Morgan fingerprint density at radius 2 is 1.77 bits per heavy atom. The quantitative estimate of drug-likeness (QED) is 0.128. The number of aromatic nitrogens is 2. The number of halogens is 3. The summed E-state index contributed by atoms with van der Waals surface area (Å²) in [5, 5.41) is 18.8. The molecule has 0 aliphatic rings. The number of hydrogen-bond donors (Lipinski definition) is 1. The number of amides is 1. The zero-order valence-corrected chi connectivity index (χ0v) is 22.9. The maximum Gasteiger partial charge on any atom is 0.416 e. The molecular weight excluding hydrogens is 579 g/mol. The second-order valence-electron chi connectivity index (χ2n) is 9.50. The first kappa shape index (κ1) is 29.6. The van der Waals surface area contributed by atoms with Crippen molar-refractivity contribution >= 4 is 34.4 Å². The van der Waals surface area contributed by atoms with Crippen LogP contribution in [0, 0.1) is 17.0 Å². The fourth-order valence-electron chi connectivity index (χ4n) is 4.35. The van der Waals surface area contributed by atoms with Gasteiger partial charge in [-0.15, -0.1) is 0 Å². The van der Waals surface area contributed by atoms with Gasteiger partial charge in [-0.05, 0) is 48.9 Å². The molecule has 1 heterocycles. The molecule has 5 rings (SSSR count). The van der Waals surface area contributed by atoms with Crippen LogP contribution in [0.1, 0.15) is 16.7 Å². The highest BCUT2D eigenvalue weighted by molar-refractivity contribution is 5.93. The number of alkyl halides is 3. The number of anilines is 1. The Kier molecular flexibility index (Phi) is 8.20. The third-order valence-corrected chi connectivity index (χ3v) is 6.50. The fourth-order valence-corrected chi connectivity index (χ4v) is 4.35. The van der Waals surface area contributed by atoms with Gasteiger partial charge in [0, 0.05) is 22.9 Å². The van der Waals surface area contributed by atoms with Crippen LogP contribution in [-0.2, 0) is 11.0 Å². The van der Waals surface area contributed by atoms with Gasteiger partial charge >= 0.3 is 11.9 Å². The Bertz CT molecular complexity index is 1990. The number of nitrogens with one attached hydrogen (secondary N) is 1. The van der Waals surface area contributed by atoms with Gasteiger partial charge in [0.1, 0.15) is 0 Å². The van der Waals surface area contributed by atoms with Crippen LogP contribution in [0.25, 0.3) is 22.3 Å². The SMILES string of the molecule is Cc1ccccc1NC(=O)COc1c(C=Nn2c(-c3cccc(C(F)(F)F)c3)nc3ccccc3c2=O)cccc1[N+](=O)[O-]. The van der Waals surface area contributed by atoms with Gasteiger partial charge in [-0.1, -0.05) is 48.5 Å². The lowest BCUT2D eigenvalue weighted by Crippen LogP contribution is -2.22. The molecule has 1 N–H and O–H groups in total. The number of nitrogens with zero attached hydrogens (tertiary/aromatic N) is 4. The van der Waals surface area contributed by atoms with Gasteiger partial charge in [0.25, 0.3) is 11.5 Å². The Morgan fingerprint density at radius 1 is 1.05 bits per heavy atom. The van der Waals surface area contributed by atoms with Crippen molar-refractivity contribution in [2.75, 3.05) is 11.9 Å². The normalized spacial score (nSPS) is 11.5. The molecule has 44 heavy (non-hydrogen) atoms. The number of hydrogen-bond acceptors (Lipinski definition) is 7. The second-order valence-corrected chi connectivity index (χ2v) is 9.50. The number of benzene rings is 4. The van der Waals surface area contributed by atoms with Crippen molar-refractivity contribution in [3.05, 3.63) is 128 Å². The minimum Gasteiger partial charge on any atom is -0.476 e.